The summed E-state index contributed by atoms with van der Waals surface area (Å²) < 4.78 is 0. The van der Waals surface area contributed by atoms with E-state index < -0.39 is 0 Å². The lowest BCUT2D eigenvalue weighted by molar-refractivity contribution is -0.117. The minimum Gasteiger partial charge on any atom is -0.299 e. The Kier molecular flexibility index (Phi) is 4.24. The van der Waals surface area contributed by atoms with Crippen molar-refractivity contribution < 1.29 is 4.79 Å². The maximum absolute atomic E-state index is 11.9. The molecular formula is C16H17NO. The molecule has 0 saturated heterocycles. The largest absolute Gasteiger partial charge is 0.299 e. The summed E-state index contributed by atoms with van der Waals surface area (Å²) in [7, 11) is 0. The number of ketones is 1. The highest BCUT2D eigenvalue weighted by molar-refractivity contribution is 5.83. The predicted octanol–water partition coefficient (Wildman–Crippen LogP) is 3.00. The monoisotopic (exact) mass is 239 g/mol. The van der Waals surface area contributed by atoms with E-state index in [-0.39, 0.29) is 5.78 Å². The van der Waals surface area contributed by atoms with Gasteiger partial charge in [0, 0.05) is 25.2 Å². The van der Waals surface area contributed by atoms with E-state index in [0.29, 0.717) is 12.8 Å². The molecule has 92 valence electrons. The van der Waals surface area contributed by atoms with Crippen molar-refractivity contribution in [3.63, 3.8) is 0 Å². The van der Waals surface area contributed by atoms with Crippen LogP contribution in [-0.2, 0) is 24.1 Å². The van der Waals surface area contributed by atoms with Crippen molar-refractivity contribution in [2.75, 3.05) is 0 Å². The Morgan fingerprint density at radius 2 is 1.67 bits per heavy atom. The molecule has 0 N–H and O–H groups in total. The summed E-state index contributed by atoms with van der Waals surface area (Å²) in [5, 5.41) is 0. The van der Waals surface area contributed by atoms with E-state index in [1.165, 1.54) is 5.56 Å². The molecule has 0 aliphatic heterocycles. The Labute approximate surface area is 108 Å². The summed E-state index contributed by atoms with van der Waals surface area (Å²) in [5.41, 5.74) is 3.37. The number of carbonyl (C=O) groups is 1. The third-order valence-corrected chi connectivity index (χ3v) is 2.96. The van der Waals surface area contributed by atoms with Crippen LogP contribution in [0.2, 0.25) is 0 Å². The number of aryl methyl sites for hydroxylation is 1. The first kappa shape index (κ1) is 12.5. The van der Waals surface area contributed by atoms with Crippen molar-refractivity contribution in [2.24, 2.45) is 0 Å². The first-order chi connectivity index (χ1) is 8.78. The molecule has 0 bridgehead atoms. The highest BCUT2D eigenvalue weighted by atomic mass is 16.1. The molecular weight excluding hydrogens is 222 g/mol. The first-order valence-corrected chi connectivity index (χ1v) is 6.26. The van der Waals surface area contributed by atoms with Crippen LogP contribution >= 0.6 is 0 Å². The fourth-order valence-electron chi connectivity index (χ4n) is 1.91. The number of carbonyl (C=O) groups excluding carboxylic acids is 1. The first-order valence-electron chi connectivity index (χ1n) is 6.26. The highest BCUT2D eigenvalue weighted by Crippen LogP contribution is 2.08. The third kappa shape index (κ3) is 3.52. The van der Waals surface area contributed by atoms with Crippen LogP contribution in [0.4, 0.5) is 0 Å². The smallest absolute Gasteiger partial charge is 0.141 e. The van der Waals surface area contributed by atoms with Crippen LogP contribution in [0.15, 0.2) is 48.8 Å². The summed E-state index contributed by atoms with van der Waals surface area (Å²) in [6.07, 6.45) is 5.46. The molecule has 18 heavy (non-hydrogen) atoms. The van der Waals surface area contributed by atoms with Gasteiger partial charge >= 0.3 is 0 Å². The molecule has 0 atom stereocenters. The lowest BCUT2D eigenvalue weighted by Gasteiger charge is -2.03. The predicted molar refractivity (Wildman–Crippen MR) is 72.5 cm³/mol. The number of rotatable bonds is 5. The fourth-order valence-corrected chi connectivity index (χ4v) is 1.91. The molecule has 0 saturated carbocycles. The molecule has 0 radical (unpaired) electrons. The number of benzene rings is 1. The fraction of sp³-hybridized carbons (Fsp3) is 0.250. The minimum atomic E-state index is 0.229. The van der Waals surface area contributed by atoms with Gasteiger partial charge in [-0.2, -0.15) is 0 Å². The van der Waals surface area contributed by atoms with Gasteiger partial charge in [0.25, 0.3) is 0 Å². The zero-order chi connectivity index (χ0) is 12.8. The molecule has 0 fully saturated rings. The molecule has 1 heterocycles. The number of hydrogen-bond acceptors (Lipinski definition) is 2. The van der Waals surface area contributed by atoms with Crippen LogP contribution < -0.4 is 0 Å². The second kappa shape index (κ2) is 6.10. The van der Waals surface area contributed by atoms with E-state index in [1.54, 1.807) is 12.4 Å². The van der Waals surface area contributed by atoms with Crippen molar-refractivity contribution in [2.45, 2.75) is 26.2 Å². The Hall–Kier alpha value is -1.96. The van der Waals surface area contributed by atoms with Crippen molar-refractivity contribution in [1.82, 2.24) is 4.98 Å². The Bertz CT molecular complexity index is 502. The molecule has 2 rings (SSSR count). The van der Waals surface area contributed by atoms with E-state index in [2.05, 4.69) is 24.0 Å². The Balaban J connectivity index is 1.94. The average molecular weight is 239 g/mol. The number of hydrogen-bond donors (Lipinski definition) is 0. The third-order valence-electron chi connectivity index (χ3n) is 2.96. The highest BCUT2D eigenvalue weighted by Gasteiger charge is 2.05. The van der Waals surface area contributed by atoms with E-state index in [4.69, 9.17) is 0 Å². The average Bonchev–Trinajstić information content (AvgIpc) is 2.40. The standard InChI is InChI=1S/C16H17NO/c1-2-13-5-7-14(8-6-13)10-16(18)11-15-4-3-9-17-12-15/h3-9,12H,2,10-11H2,1H3. The summed E-state index contributed by atoms with van der Waals surface area (Å²) in [6.45, 7) is 2.13. The van der Waals surface area contributed by atoms with Crippen LogP contribution in [-0.4, -0.2) is 10.8 Å². The van der Waals surface area contributed by atoms with Crippen molar-refractivity contribution >= 4 is 5.78 Å². The van der Waals surface area contributed by atoms with Gasteiger partial charge in [-0.3, -0.25) is 9.78 Å². The molecule has 1 aromatic carbocycles. The van der Waals surface area contributed by atoms with Gasteiger partial charge in [0.15, 0.2) is 0 Å². The van der Waals surface area contributed by atoms with Gasteiger partial charge < -0.3 is 0 Å². The van der Waals surface area contributed by atoms with E-state index in [0.717, 1.165) is 17.5 Å². The zero-order valence-corrected chi connectivity index (χ0v) is 10.6. The van der Waals surface area contributed by atoms with Crippen LogP contribution in [0, 0.1) is 0 Å². The quantitative estimate of drug-likeness (QED) is 0.802. The van der Waals surface area contributed by atoms with Crippen molar-refractivity contribution in [3.8, 4) is 0 Å². The van der Waals surface area contributed by atoms with Crippen molar-refractivity contribution in [3.05, 3.63) is 65.5 Å². The Morgan fingerprint density at radius 1 is 1.00 bits per heavy atom. The van der Waals surface area contributed by atoms with Gasteiger partial charge in [-0.25, -0.2) is 0 Å². The topological polar surface area (TPSA) is 30.0 Å². The zero-order valence-electron chi connectivity index (χ0n) is 10.6. The summed E-state index contributed by atoms with van der Waals surface area (Å²) in [4.78, 5) is 15.9. The van der Waals surface area contributed by atoms with Crippen LogP contribution in [0.1, 0.15) is 23.6 Å². The molecule has 0 spiro atoms. The minimum absolute atomic E-state index is 0.229. The van der Waals surface area contributed by atoms with Gasteiger partial charge in [0.1, 0.15) is 5.78 Å². The molecule has 0 amide bonds. The molecule has 2 nitrogen and oxygen atoms in total. The number of Topliss-reactive ketones (excluding diaryl/α,β-unsaturated/α-hetero) is 1. The molecule has 0 aliphatic carbocycles. The molecule has 0 unspecified atom stereocenters. The lowest BCUT2D eigenvalue weighted by atomic mass is 10.0. The van der Waals surface area contributed by atoms with Crippen LogP contribution in [0.3, 0.4) is 0 Å². The number of pyridine rings is 1. The van der Waals surface area contributed by atoms with Crippen LogP contribution in [0.25, 0.3) is 0 Å². The summed E-state index contributed by atoms with van der Waals surface area (Å²) in [5.74, 6) is 0.229. The van der Waals surface area contributed by atoms with Gasteiger partial charge in [-0.1, -0.05) is 37.3 Å². The van der Waals surface area contributed by atoms with Crippen LogP contribution in [0.5, 0.6) is 0 Å². The van der Waals surface area contributed by atoms with Gasteiger partial charge in [-0.15, -0.1) is 0 Å². The molecule has 2 heteroatoms. The van der Waals surface area contributed by atoms with Gasteiger partial charge in [-0.05, 0) is 29.2 Å². The van der Waals surface area contributed by atoms with Gasteiger partial charge in [0.2, 0.25) is 0 Å². The number of nitrogens with zero attached hydrogens (tertiary/aromatic N) is 1. The van der Waals surface area contributed by atoms with Crippen molar-refractivity contribution in [1.29, 1.82) is 0 Å². The maximum Gasteiger partial charge on any atom is 0.141 e. The Morgan fingerprint density at radius 3 is 2.28 bits per heavy atom. The summed E-state index contributed by atoms with van der Waals surface area (Å²) >= 11 is 0. The van der Waals surface area contributed by atoms with E-state index in [1.807, 2.05) is 24.3 Å². The molecule has 1 aromatic heterocycles. The number of aromatic nitrogens is 1. The molecule has 0 aliphatic rings. The lowest BCUT2D eigenvalue weighted by Crippen LogP contribution is -2.06. The second-order valence-electron chi connectivity index (χ2n) is 4.42. The molecule has 2 aromatic rings. The van der Waals surface area contributed by atoms with E-state index in [9.17, 15) is 4.79 Å². The summed E-state index contributed by atoms with van der Waals surface area (Å²) in [6, 6.07) is 12.1. The van der Waals surface area contributed by atoms with Gasteiger partial charge in [0.05, 0.1) is 0 Å². The SMILES string of the molecule is CCc1ccc(CC(=O)Cc2cccnc2)cc1. The second-order valence-corrected chi connectivity index (χ2v) is 4.42. The maximum atomic E-state index is 11.9. The normalized spacial score (nSPS) is 10.3. The van der Waals surface area contributed by atoms with E-state index >= 15 is 0 Å².